The van der Waals surface area contributed by atoms with Crippen molar-refractivity contribution in [2.45, 2.75) is 13.8 Å². The fourth-order valence-electron chi connectivity index (χ4n) is 0.959. The van der Waals surface area contributed by atoms with Crippen LogP contribution in [0.15, 0.2) is 30.5 Å². The van der Waals surface area contributed by atoms with Crippen LogP contribution in [0.3, 0.4) is 0 Å². The molecule has 0 aliphatic rings. The minimum atomic E-state index is -0.117. The van der Waals surface area contributed by atoms with Gasteiger partial charge in [-0.15, -0.1) is 0 Å². The molecule has 3 heteroatoms. The molecule has 1 aromatic heterocycles. The lowest BCUT2D eigenvalue weighted by Crippen LogP contribution is -2.07. The van der Waals surface area contributed by atoms with Gasteiger partial charge in [0.05, 0.1) is 0 Å². The Labute approximate surface area is 77.5 Å². The highest BCUT2D eigenvalue weighted by atomic mass is 16.1. The lowest BCUT2D eigenvalue weighted by atomic mass is 10.3. The molecule has 1 amide bonds. The number of nitrogens with zero attached hydrogens (tertiary/aromatic N) is 1. The molecule has 68 valence electrons. The van der Waals surface area contributed by atoms with Crippen molar-refractivity contribution >= 4 is 11.6 Å². The van der Waals surface area contributed by atoms with Gasteiger partial charge < -0.3 is 5.32 Å². The topological polar surface area (TPSA) is 42.0 Å². The van der Waals surface area contributed by atoms with Crippen LogP contribution in [0.2, 0.25) is 0 Å². The van der Waals surface area contributed by atoms with E-state index < -0.39 is 0 Å². The molecule has 13 heavy (non-hydrogen) atoms. The second-order valence-electron chi connectivity index (χ2n) is 2.68. The number of hydrogen-bond acceptors (Lipinski definition) is 2. The van der Waals surface area contributed by atoms with Crippen LogP contribution in [-0.4, -0.2) is 10.9 Å². The highest BCUT2D eigenvalue weighted by Gasteiger charge is 1.96. The molecule has 0 saturated heterocycles. The third-order valence-corrected chi connectivity index (χ3v) is 1.48. The van der Waals surface area contributed by atoms with Crippen molar-refractivity contribution in [3.63, 3.8) is 0 Å². The summed E-state index contributed by atoms with van der Waals surface area (Å²) < 4.78 is 0. The third-order valence-electron chi connectivity index (χ3n) is 1.48. The Morgan fingerprint density at radius 2 is 2.38 bits per heavy atom. The highest BCUT2D eigenvalue weighted by molar-refractivity contribution is 5.99. The summed E-state index contributed by atoms with van der Waals surface area (Å²) in [6, 6.07) is 3.58. The Kier molecular flexibility index (Phi) is 3.20. The van der Waals surface area contributed by atoms with Crippen LogP contribution in [0.25, 0.3) is 0 Å². The quantitative estimate of drug-likeness (QED) is 0.699. The summed E-state index contributed by atoms with van der Waals surface area (Å²) >= 11 is 0. The van der Waals surface area contributed by atoms with E-state index in [-0.39, 0.29) is 5.91 Å². The Balaban J connectivity index is 2.69. The van der Waals surface area contributed by atoms with Crippen LogP contribution in [0.1, 0.15) is 12.6 Å². The van der Waals surface area contributed by atoms with Crippen molar-refractivity contribution in [1.29, 1.82) is 0 Å². The predicted octanol–water partition coefficient (Wildman–Crippen LogP) is 1.90. The van der Waals surface area contributed by atoms with Gasteiger partial charge >= 0.3 is 0 Å². The molecule has 1 N–H and O–H groups in total. The number of carbonyl (C=O) groups is 1. The monoisotopic (exact) mass is 176 g/mol. The molecule has 0 bridgehead atoms. The molecule has 1 aromatic rings. The number of aryl methyl sites for hydroxylation is 1. The number of anilines is 1. The van der Waals surface area contributed by atoms with Gasteiger partial charge in [-0.1, -0.05) is 6.08 Å². The van der Waals surface area contributed by atoms with Crippen molar-refractivity contribution < 1.29 is 4.79 Å². The van der Waals surface area contributed by atoms with Gasteiger partial charge in [0.2, 0.25) is 5.91 Å². The predicted molar refractivity (Wildman–Crippen MR) is 52.4 cm³/mol. The maximum Gasteiger partial charge on any atom is 0.248 e. The zero-order valence-electron chi connectivity index (χ0n) is 7.74. The summed E-state index contributed by atoms with van der Waals surface area (Å²) in [6.45, 7) is 3.68. The van der Waals surface area contributed by atoms with Crippen molar-refractivity contribution in [2.75, 3.05) is 5.32 Å². The van der Waals surface area contributed by atoms with Gasteiger partial charge in [0, 0.05) is 17.6 Å². The van der Waals surface area contributed by atoms with Crippen LogP contribution >= 0.6 is 0 Å². The molecule has 0 spiro atoms. The summed E-state index contributed by atoms with van der Waals surface area (Å²) in [7, 11) is 0. The molecule has 0 atom stereocenters. The first-order valence-corrected chi connectivity index (χ1v) is 4.08. The van der Waals surface area contributed by atoms with E-state index in [1.165, 1.54) is 6.08 Å². The van der Waals surface area contributed by atoms with Gasteiger partial charge in [0.1, 0.15) is 0 Å². The van der Waals surface area contributed by atoms with E-state index in [1.807, 2.05) is 13.0 Å². The first-order valence-electron chi connectivity index (χ1n) is 4.08. The van der Waals surface area contributed by atoms with E-state index in [2.05, 4.69) is 10.3 Å². The minimum absolute atomic E-state index is 0.117. The molecule has 0 unspecified atom stereocenters. The fraction of sp³-hybridized carbons (Fsp3) is 0.200. The Morgan fingerprint density at radius 1 is 1.62 bits per heavy atom. The second-order valence-corrected chi connectivity index (χ2v) is 2.68. The fourth-order valence-corrected chi connectivity index (χ4v) is 0.959. The lowest BCUT2D eigenvalue weighted by molar-refractivity contribution is -0.111. The van der Waals surface area contributed by atoms with Crippen LogP contribution in [0.5, 0.6) is 0 Å². The molecular weight excluding hydrogens is 164 g/mol. The number of nitrogens with one attached hydrogen (secondary N) is 1. The van der Waals surface area contributed by atoms with E-state index >= 15 is 0 Å². The standard InChI is InChI=1S/C10H12N2O/c1-3-4-10(13)12-9-5-6-11-8(2)7-9/h3-7H,1-2H3,(H,11,12,13)/b4-3+. The molecule has 0 saturated carbocycles. The van der Waals surface area contributed by atoms with Crippen molar-refractivity contribution in [2.24, 2.45) is 0 Å². The molecule has 0 fully saturated rings. The van der Waals surface area contributed by atoms with Gasteiger partial charge in [0.15, 0.2) is 0 Å². The van der Waals surface area contributed by atoms with Crippen LogP contribution in [0.4, 0.5) is 5.69 Å². The number of hydrogen-bond donors (Lipinski definition) is 1. The zero-order chi connectivity index (χ0) is 9.68. The molecule has 1 rings (SSSR count). The first-order chi connectivity index (χ1) is 6.22. The molecule has 0 aromatic carbocycles. The van der Waals surface area contributed by atoms with Gasteiger partial charge in [-0.3, -0.25) is 9.78 Å². The molecular formula is C10H12N2O. The van der Waals surface area contributed by atoms with Crippen LogP contribution in [-0.2, 0) is 4.79 Å². The second kappa shape index (κ2) is 4.40. The number of allylic oxidation sites excluding steroid dienone is 1. The van der Waals surface area contributed by atoms with Gasteiger partial charge in [-0.25, -0.2) is 0 Å². The Morgan fingerprint density at radius 3 is 3.00 bits per heavy atom. The largest absolute Gasteiger partial charge is 0.322 e. The third kappa shape index (κ3) is 3.07. The average molecular weight is 176 g/mol. The lowest BCUT2D eigenvalue weighted by Gasteiger charge is -2.01. The maximum absolute atomic E-state index is 11.1. The molecule has 0 aliphatic carbocycles. The number of amides is 1. The smallest absolute Gasteiger partial charge is 0.248 e. The summed E-state index contributed by atoms with van der Waals surface area (Å²) in [4.78, 5) is 15.1. The van der Waals surface area contributed by atoms with Crippen LogP contribution < -0.4 is 5.32 Å². The van der Waals surface area contributed by atoms with E-state index in [9.17, 15) is 4.79 Å². The number of pyridine rings is 1. The van der Waals surface area contributed by atoms with E-state index in [1.54, 1.807) is 25.3 Å². The van der Waals surface area contributed by atoms with Crippen molar-refractivity contribution in [1.82, 2.24) is 4.98 Å². The first kappa shape index (κ1) is 9.45. The van der Waals surface area contributed by atoms with E-state index in [0.29, 0.717) is 0 Å². The molecule has 3 nitrogen and oxygen atoms in total. The number of carbonyl (C=O) groups excluding carboxylic acids is 1. The number of rotatable bonds is 2. The van der Waals surface area contributed by atoms with Crippen LogP contribution in [0, 0.1) is 6.92 Å². The number of aromatic nitrogens is 1. The zero-order valence-corrected chi connectivity index (χ0v) is 7.74. The highest BCUT2D eigenvalue weighted by Crippen LogP contribution is 2.06. The van der Waals surface area contributed by atoms with Gasteiger partial charge in [-0.2, -0.15) is 0 Å². The molecule has 0 radical (unpaired) electrons. The Bertz CT molecular complexity index is 331. The van der Waals surface area contributed by atoms with Gasteiger partial charge in [0.25, 0.3) is 0 Å². The van der Waals surface area contributed by atoms with E-state index in [4.69, 9.17) is 0 Å². The summed E-state index contributed by atoms with van der Waals surface area (Å²) in [6.07, 6.45) is 4.85. The summed E-state index contributed by atoms with van der Waals surface area (Å²) in [5.74, 6) is -0.117. The molecule has 0 aliphatic heterocycles. The maximum atomic E-state index is 11.1. The normalized spacial score (nSPS) is 10.3. The van der Waals surface area contributed by atoms with E-state index in [0.717, 1.165) is 11.4 Å². The summed E-state index contributed by atoms with van der Waals surface area (Å²) in [5.41, 5.74) is 1.66. The Hall–Kier alpha value is -1.64. The van der Waals surface area contributed by atoms with Gasteiger partial charge in [-0.05, 0) is 32.1 Å². The van der Waals surface area contributed by atoms with Crippen molar-refractivity contribution in [3.8, 4) is 0 Å². The van der Waals surface area contributed by atoms with Crippen molar-refractivity contribution in [3.05, 3.63) is 36.2 Å². The molecule has 1 heterocycles. The summed E-state index contributed by atoms with van der Waals surface area (Å²) in [5, 5.41) is 2.72. The minimum Gasteiger partial charge on any atom is -0.322 e. The SMILES string of the molecule is C/C=C/C(=O)Nc1ccnc(C)c1. The average Bonchev–Trinajstić information content (AvgIpc) is 2.04.